The number of carbonyl (C=O) groups excluding carboxylic acids is 1. The SMILES string of the molecule is CCOc1ncccc1CNC(=NC)NCCc1ccc(NC(=O)OC(C)(C)C)cc1.I. The van der Waals surface area contributed by atoms with Crippen molar-refractivity contribution in [3.63, 3.8) is 0 Å². The highest BCUT2D eigenvalue weighted by Gasteiger charge is 2.16. The molecule has 0 fully saturated rings. The second-order valence-electron chi connectivity index (χ2n) is 7.83. The number of ether oxygens (including phenoxy) is 2. The van der Waals surface area contributed by atoms with E-state index in [1.54, 1.807) is 13.2 Å². The van der Waals surface area contributed by atoms with Crippen LogP contribution in [0.2, 0.25) is 0 Å². The lowest BCUT2D eigenvalue weighted by molar-refractivity contribution is 0.0636. The van der Waals surface area contributed by atoms with Crippen molar-refractivity contribution in [3.8, 4) is 5.88 Å². The summed E-state index contributed by atoms with van der Waals surface area (Å²) in [4.78, 5) is 20.4. The Morgan fingerprint density at radius 2 is 1.84 bits per heavy atom. The molecule has 1 aromatic heterocycles. The molecule has 0 atom stereocenters. The van der Waals surface area contributed by atoms with Crippen LogP contribution in [-0.4, -0.2) is 42.8 Å². The van der Waals surface area contributed by atoms with Gasteiger partial charge >= 0.3 is 6.09 Å². The lowest BCUT2D eigenvalue weighted by atomic mass is 10.1. The highest BCUT2D eigenvalue weighted by atomic mass is 127. The first kappa shape index (κ1) is 27.5. The van der Waals surface area contributed by atoms with Gasteiger partial charge in [-0.2, -0.15) is 0 Å². The number of anilines is 1. The van der Waals surface area contributed by atoms with E-state index in [0.717, 1.165) is 17.5 Å². The maximum Gasteiger partial charge on any atom is 0.412 e. The summed E-state index contributed by atoms with van der Waals surface area (Å²) >= 11 is 0. The average Bonchev–Trinajstić information content (AvgIpc) is 2.71. The number of pyridine rings is 1. The van der Waals surface area contributed by atoms with Crippen LogP contribution in [0.4, 0.5) is 10.5 Å². The summed E-state index contributed by atoms with van der Waals surface area (Å²) in [7, 11) is 1.74. The second-order valence-corrected chi connectivity index (χ2v) is 7.83. The Hall–Kier alpha value is -2.56. The maximum absolute atomic E-state index is 11.8. The third-order valence-electron chi connectivity index (χ3n) is 4.11. The zero-order valence-corrected chi connectivity index (χ0v) is 21.7. The third-order valence-corrected chi connectivity index (χ3v) is 4.11. The second kappa shape index (κ2) is 13.8. The van der Waals surface area contributed by atoms with E-state index in [1.807, 2.05) is 64.1 Å². The highest BCUT2D eigenvalue weighted by Crippen LogP contribution is 2.14. The van der Waals surface area contributed by atoms with Gasteiger partial charge < -0.3 is 20.1 Å². The largest absolute Gasteiger partial charge is 0.478 e. The van der Waals surface area contributed by atoms with E-state index < -0.39 is 11.7 Å². The Bertz CT molecular complexity index is 867. The number of rotatable bonds is 8. The number of benzene rings is 1. The predicted octanol–water partition coefficient (Wildman–Crippen LogP) is 4.35. The molecule has 0 bridgehead atoms. The molecule has 0 spiro atoms. The molecule has 0 aliphatic heterocycles. The van der Waals surface area contributed by atoms with E-state index in [1.165, 1.54) is 0 Å². The Balaban J connectivity index is 0.00000512. The summed E-state index contributed by atoms with van der Waals surface area (Å²) in [5.74, 6) is 1.34. The fourth-order valence-corrected chi connectivity index (χ4v) is 2.73. The number of amides is 1. The average molecular weight is 555 g/mol. The quantitative estimate of drug-likeness (QED) is 0.255. The van der Waals surface area contributed by atoms with Crippen molar-refractivity contribution in [1.29, 1.82) is 0 Å². The number of halogens is 1. The van der Waals surface area contributed by atoms with Gasteiger partial charge in [0.15, 0.2) is 5.96 Å². The van der Waals surface area contributed by atoms with E-state index >= 15 is 0 Å². The molecule has 2 rings (SSSR count). The first-order valence-corrected chi connectivity index (χ1v) is 10.4. The number of carbonyl (C=O) groups is 1. The summed E-state index contributed by atoms with van der Waals surface area (Å²) in [6.45, 7) is 9.29. The van der Waals surface area contributed by atoms with Crippen molar-refractivity contribution >= 4 is 41.7 Å². The molecule has 0 aliphatic rings. The number of nitrogens with zero attached hydrogens (tertiary/aromatic N) is 2. The zero-order chi connectivity index (χ0) is 22.7. The molecule has 176 valence electrons. The predicted molar refractivity (Wildman–Crippen MR) is 139 cm³/mol. The van der Waals surface area contributed by atoms with Crippen LogP contribution in [0.3, 0.4) is 0 Å². The molecule has 3 N–H and O–H groups in total. The number of nitrogens with one attached hydrogen (secondary N) is 3. The molecular weight excluding hydrogens is 521 g/mol. The minimum absolute atomic E-state index is 0. The lowest BCUT2D eigenvalue weighted by Crippen LogP contribution is -2.38. The minimum Gasteiger partial charge on any atom is -0.478 e. The van der Waals surface area contributed by atoms with Crippen molar-refractivity contribution in [1.82, 2.24) is 15.6 Å². The first-order chi connectivity index (χ1) is 14.8. The van der Waals surface area contributed by atoms with E-state index in [-0.39, 0.29) is 24.0 Å². The van der Waals surface area contributed by atoms with Crippen LogP contribution < -0.4 is 20.7 Å². The van der Waals surface area contributed by atoms with Crippen LogP contribution in [0, 0.1) is 0 Å². The summed E-state index contributed by atoms with van der Waals surface area (Å²) in [5, 5.41) is 9.31. The summed E-state index contributed by atoms with van der Waals surface area (Å²) in [6.07, 6.45) is 2.07. The number of aromatic nitrogens is 1. The van der Waals surface area contributed by atoms with Crippen molar-refractivity contribution in [3.05, 3.63) is 53.7 Å². The molecule has 8 nitrogen and oxygen atoms in total. The topological polar surface area (TPSA) is 96.9 Å². The van der Waals surface area contributed by atoms with Gasteiger partial charge in [-0.05, 0) is 57.9 Å². The van der Waals surface area contributed by atoms with Gasteiger partial charge in [-0.3, -0.25) is 10.3 Å². The van der Waals surface area contributed by atoms with E-state index in [9.17, 15) is 4.79 Å². The standard InChI is InChI=1S/C23H33N5O3.HI/c1-6-30-20-18(8-7-14-25-20)16-27-21(24-5)26-15-13-17-9-11-19(12-10-17)28-22(29)31-23(2,3)4;/h7-12,14H,6,13,15-16H2,1-5H3,(H,28,29)(H2,24,26,27);1H. The van der Waals surface area contributed by atoms with Gasteiger partial charge in [0.25, 0.3) is 0 Å². The molecule has 0 unspecified atom stereocenters. The monoisotopic (exact) mass is 555 g/mol. The summed E-state index contributed by atoms with van der Waals surface area (Å²) < 4.78 is 10.8. The Morgan fingerprint density at radius 1 is 1.12 bits per heavy atom. The van der Waals surface area contributed by atoms with Gasteiger partial charge in [-0.25, -0.2) is 9.78 Å². The molecule has 0 saturated carbocycles. The first-order valence-electron chi connectivity index (χ1n) is 10.4. The Labute approximate surface area is 207 Å². The van der Waals surface area contributed by atoms with E-state index in [0.29, 0.717) is 37.2 Å². The zero-order valence-electron chi connectivity index (χ0n) is 19.4. The van der Waals surface area contributed by atoms with E-state index in [2.05, 4.69) is 25.9 Å². The van der Waals surface area contributed by atoms with Gasteiger partial charge in [0.05, 0.1) is 6.61 Å². The summed E-state index contributed by atoms with van der Waals surface area (Å²) in [6, 6.07) is 11.6. The van der Waals surface area contributed by atoms with Crippen LogP contribution >= 0.6 is 24.0 Å². The third kappa shape index (κ3) is 10.2. The van der Waals surface area contributed by atoms with Gasteiger partial charge in [0.1, 0.15) is 5.60 Å². The molecule has 2 aromatic rings. The minimum atomic E-state index is -0.524. The molecule has 9 heteroatoms. The number of guanidine groups is 1. The van der Waals surface area contributed by atoms with Gasteiger partial charge in [0, 0.05) is 37.6 Å². The maximum atomic E-state index is 11.8. The molecule has 0 saturated heterocycles. The van der Waals surface area contributed by atoms with Crippen molar-refractivity contribution < 1.29 is 14.3 Å². The highest BCUT2D eigenvalue weighted by molar-refractivity contribution is 14.0. The molecule has 0 aliphatic carbocycles. The number of hydrogen-bond acceptors (Lipinski definition) is 5. The molecule has 32 heavy (non-hydrogen) atoms. The lowest BCUT2D eigenvalue weighted by Gasteiger charge is -2.19. The summed E-state index contributed by atoms with van der Waals surface area (Å²) in [5.41, 5.74) is 2.29. The van der Waals surface area contributed by atoms with Crippen molar-refractivity contribution in [2.45, 2.75) is 46.3 Å². The molecular formula is C23H34IN5O3. The molecule has 1 heterocycles. The fraction of sp³-hybridized carbons (Fsp3) is 0.435. The molecule has 0 radical (unpaired) electrons. The van der Waals surface area contributed by atoms with Gasteiger partial charge in [-0.1, -0.05) is 18.2 Å². The molecule has 1 amide bonds. The van der Waals surface area contributed by atoms with Crippen LogP contribution in [0.25, 0.3) is 0 Å². The molecule has 1 aromatic carbocycles. The van der Waals surface area contributed by atoms with Crippen LogP contribution in [0.5, 0.6) is 5.88 Å². The van der Waals surface area contributed by atoms with Crippen LogP contribution in [-0.2, 0) is 17.7 Å². The van der Waals surface area contributed by atoms with Gasteiger partial charge in [-0.15, -0.1) is 24.0 Å². The van der Waals surface area contributed by atoms with Crippen LogP contribution in [0.15, 0.2) is 47.6 Å². The number of aliphatic imine (C=N–C) groups is 1. The normalized spacial score (nSPS) is 11.2. The number of hydrogen-bond donors (Lipinski definition) is 3. The van der Waals surface area contributed by atoms with E-state index in [4.69, 9.17) is 9.47 Å². The Morgan fingerprint density at radius 3 is 2.47 bits per heavy atom. The van der Waals surface area contributed by atoms with Crippen LogP contribution in [0.1, 0.15) is 38.8 Å². The van der Waals surface area contributed by atoms with Gasteiger partial charge in [0.2, 0.25) is 5.88 Å². The van der Waals surface area contributed by atoms with Crippen molar-refractivity contribution in [2.75, 3.05) is 25.5 Å². The van der Waals surface area contributed by atoms with Crippen molar-refractivity contribution in [2.24, 2.45) is 4.99 Å². The Kier molecular flexibility index (Phi) is 11.8. The fourth-order valence-electron chi connectivity index (χ4n) is 2.73. The smallest absolute Gasteiger partial charge is 0.412 e.